The second kappa shape index (κ2) is 2.73. The summed E-state index contributed by atoms with van der Waals surface area (Å²) in [7, 11) is 0. The van der Waals surface area contributed by atoms with Crippen molar-refractivity contribution < 1.29 is 10.2 Å². The molecule has 1 aliphatic heterocycles. The summed E-state index contributed by atoms with van der Waals surface area (Å²) in [5.41, 5.74) is -2.31. The standard InChI is InChI=1S/C8H16NO2/c1-7(2,10)8(11)5-3-4-6-9-8/h10-11H,3-6H2,1-2H3. The topological polar surface area (TPSA) is 54.6 Å². The van der Waals surface area contributed by atoms with Crippen molar-refractivity contribution in [2.45, 2.75) is 44.4 Å². The second-order valence-corrected chi connectivity index (χ2v) is 3.71. The van der Waals surface area contributed by atoms with E-state index < -0.39 is 11.3 Å². The van der Waals surface area contributed by atoms with E-state index in [1.54, 1.807) is 13.8 Å². The van der Waals surface area contributed by atoms with Gasteiger partial charge in [0.05, 0.1) is 0 Å². The van der Waals surface area contributed by atoms with Crippen molar-refractivity contribution in [3.8, 4) is 0 Å². The fraction of sp³-hybridized carbons (Fsp3) is 1.00. The van der Waals surface area contributed by atoms with Crippen molar-refractivity contribution in [1.82, 2.24) is 5.32 Å². The largest absolute Gasteiger partial charge is 0.386 e. The summed E-state index contributed by atoms with van der Waals surface area (Å²) in [6, 6.07) is 0. The Hall–Kier alpha value is -0.120. The Morgan fingerprint density at radius 2 is 2.00 bits per heavy atom. The molecule has 1 fully saturated rings. The van der Waals surface area contributed by atoms with Crippen molar-refractivity contribution in [3.05, 3.63) is 0 Å². The SMILES string of the molecule is CC(C)(O)C1(O)CCCC[N]1. The molecule has 0 aromatic carbocycles. The summed E-state index contributed by atoms with van der Waals surface area (Å²) >= 11 is 0. The molecule has 1 radical (unpaired) electrons. The minimum Gasteiger partial charge on any atom is -0.386 e. The van der Waals surface area contributed by atoms with Gasteiger partial charge in [-0.2, -0.15) is 0 Å². The Bertz CT molecular complexity index is 134. The average molecular weight is 158 g/mol. The Kier molecular flexibility index (Phi) is 2.23. The Morgan fingerprint density at radius 3 is 2.27 bits per heavy atom. The molecular formula is C8H16NO2. The van der Waals surface area contributed by atoms with Gasteiger partial charge in [-0.25, -0.2) is 5.32 Å². The molecule has 2 N–H and O–H groups in total. The molecule has 0 aliphatic carbocycles. The zero-order chi connectivity index (χ0) is 8.54. The minimum atomic E-state index is -1.20. The van der Waals surface area contributed by atoms with Crippen molar-refractivity contribution in [3.63, 3.8) is 0 Å². The van der Waals surface area contributed by atoms with E-state index in [1.165, 1.54) is 0 Å². The van der Waals surface area contributed by atoms with Gasteiger partial charge in [-0.15, -0.1) is 0 Å². The van der Waals surface area contributed by atoms with Crippen LogP contribution in [-0.2, 0) is 0 Å². The second-order valence-electron chi connectivity index (χ2n) is 3.71. The molecular weight excluding hydrogens is 142 g/mol. The summed E-state index contributed by atoms with van der Waals surface area (Å²) < 4.78 is 0. The summed E-state index contributed by atoms with van der Waals surface area (Å²) in [6.45, 7) is 3.87. The molecule has 1 atom stereocenters. The number of rotatable bonds is 1. The number of piperidine rings is 1. The number of hydrogen-bond donors (Lipinski definition) is 2. The number of hydrogen-bond acceptors (Lipinski definition) is 2. The highest BCUT2D eigenvalue weighted by Crippen LogP contribution is 2.28. The quantitative estimate of drug-likeness (QED) is 0.574. The predicted molar refractivity (Wildman–Crippen MR) is 42.1 cm³/mol. The van der Waals surface area contributed by atoms with Crippen LogP contribution >= 0.6 is 0 Å². The van der Waals surface area contributed by atoms with Crippen molar-refractivity contribution in [1.29, 1.82) is 0 Å². The molecule has 0 amide bonds. The third kappa shape index (κ3) is 1.72. The molecule has 1 rings (SSSR count). The van der Waals surface area contributed by atoms with Crippen LogP contribution in [0.5, 0.6) is 0 Å². The first-order valence-corrected chi connectivity index (χ1v) is 4.09. The number of nitrogens with zero attached hydrogens (tertiary/aromatic N) is 1. The van der Waals surface area contributed by atoms with Crippen LogP contribution in [0.3, 0.4) is 0 Å². The van der Waals surface area contributed by atoms with E-state index in [2.05, 4.69) is 5.32 Å². The van der Waals surface area contributed by atoms with Gasteiger partial charge >= 0.3 is 0 Å². The maximum atomic E-state index is 9.79. The lowest BCUT2D eigenvalue weighted by Gasteiger charge is -2.40. The molecule has 1 unspecified atom stereocenters. The zero-order valence-electron chi connectivity index (χ0n) is 7.17. The molecule has 1 heterocycles. The first kappa shape index (κ1) is 8.97. The monoisotopic (exact) mass is 158 g/mol. The van der Waals surface area contributed by atoms with Gasteiger partial charge in [0, 0.05) is 6.54 Å². The van der Waals surface area contributed by atoms with E-state index in [-0.39, 0.29) is 0 Å². The van der Waals surface area contributed by atoms with E-state index in [9.17, 15) is 10.2 Å². The van der Waals surface area contributed by atoms with Gasteiger partial charge < -0.3 is 10.2 Å². The zero-order valence-corrected chi connectivity index (χ0v) is 7.17. The van der Waals surface area contributed by atoms with Crippen LogP contribution in [0, 0.1) is 0 Å². The maximum Gasteiger partial charge on any atom is 0.159 e. The molecule has 0 spiro atoms. The van der Waals surface area contributed by atoms with Gasteiger partial charge in [0.25, 0.3) is 0 Å². The molecule has 11 heavy (non-hydrogen) atoms. The third-order valence-corrected chi connectivity index (χ3v) is 2.29. The van der Waals surface area contributed by atoms with Gasteiger partial charge in [0.2, 0.25) is 0 Å². The van der Waals surface area contributed by atoms with Crippen LogP contribution in [0.1, 0.15) is 33.1 Å². The Balaban J connectivity index is 2.64. The molecule has 65 valence electrons. The summed E-state index contributed by atoms with van der Waals surface area (Å²) in [5, 5.41) is 23.4. The lowest BCUT2D eigenvalue weighted by atomic mass is 9.87. The highest BCUT2D eigenvalue weighted by Gasteiger charge is 2.43. The van der Waals surface area contributed by atoms with E-state index in [0.29, 0.717) is 13.0 Å². The van der Waals surface area contributed by atoms with Crippen LogP contribution in [0.4, 0.5) is 0 Å². The van der Waals surface area contributed by atoms with Crippen molar-refractivity contribution in [2.75, 3.05) is 6.54 Å². The smallest absolute Gasteiger partial charge is 0.159 e. The van der Waals surface area contributed by atoms with Gasteiger partial charge in [-0.05, 0) is 33.1 Å². The summed E-state index contributed by atoms with van der Waals surface area (Å²) in [4.78, 5) is 0. The Labute approximate surface area is 67.4 Å². The van der Waals surface area contributed by atoms with Crippen LogP contribution in [0.2, 0.25) is 0 Å². The molecule has 0 saturated carbocycles. The highest BCUT2D eigenvalue weighted by atomic mass is 16.4. The molecule has 1 aliphatic rings. The van der Waals surface area contributed by atoms with E-state index in [0.717, 1.165) is 12.8 Å². The average Bonchev–Trinajstić information content (AvgIpc) is 1.87. The van der Waals surface area contributed by atoms with Crippen LogP contribution in [0.15, 0.2) is 0 Å². The molecule has 3 heteroatoms. The van der Waals surface area contributed by atoms with Crippen LogP contribution in [-0.4, -0.2) is 28.1 Å². The van der Waals surface area contributed by atoms with Crippen molar-refractivity contribution >= 4 is 0 Å². The lowest BCUT2D eigenvalue weighted by molar-refractivity contribution is -0.165. The van der Waals surface area contributed by atoms with E-state index >= 15 is 0 Å². The predicted octanol–water partition coefficient (Wildman–Crippen LogP) is 0.234. The first-order valence-electron chi connectivity index (χ1n) is 4.09. The normalized spacial score (nSPS) is 33.8. The molecule has 3 nitrogen and oxygen atoms in total. The summed E-state index contributed by atoms with van der Waals surface area (Å²) in [5.74, 6) is 0. The van der Waals surface area contributed by atoms with E-state index in [1.807, 2.05) is 0 Å². The van der Waals surface area contributed by atoms with Crippen LogP contribution < -0.4 is 5.32 Å². The summed E-state index contributed by atoms with van der Waals surface area (Å²) in [6.07, 6.45) is 2.55. The molecule has 1 saturated heterocycles. The third-order valence-electron chi connectivity index (χ3n) is 2.29. The first-order chi connectivity index (χ1) is 4.96. The van der Waals surface area contributed by atoms with Gasteiger partial charge in [-0.1, -0.05) is 0 Å². The fourth-order valence-corrected chi connectivity index (χ4v) is 1.33. The van der Waals surface area contributed by atoms with Crippen molar-refractivity contribution in [2.24, 2.45) is 0 Å². The van der Waals surface area contributed by atoms with Gasteiger partial charge in [0.15, 0.2) is 5.72 Å². The lowest BCUT2D eigenvalue weighted by Crippen LogP contribution is -2.58. The Morgan fingerprint density at radius 1 is 1.36 bits per heavy atom. The maximum absolute atomic E-state index is 9.79. The van der Waals surface area contributed by atoms with Crippen LogP contribution in [0.25, 0.3) is 0 Å². The number of aliphatic hydroxyl groups is 2. The molecule has 0 aromatic rings. The highest BCUT2D eigenvalue weighted by molar-refractivity contribution is 4.93. The van der Waals surface area contributed by atoms with E-state index in [4.69, 9.17) is 0 Å². The van der Waals surface area contributed by atoms with Gasteiger partial charge in [-0.3, -0.25) is 0 Å². The van der Waals surface area contributed by atoms with Gasteiger partial charge in [0.1, 0.15) is 5.60 Å². The fourth-order valence-electron chi connectivity index (χ4n) is 1.33. The molecule has 0 aromatic heterocycles. The minimum absolute atomic E-state index is 0.580. The molecule has 0 bridgehead atoms.